The van der Waals surface area contributed by atoms with Gasteiger partial charge in [-0.3, -0.25) is 14.5 Å². The normalized spacial score (nSPS) is 18.0. The van der Waals surface area contributed by atoms with Crippen LogP contribution in [0.15, 0.2) is 30.3 Å². The van der Waals surface area contributed by atoms with Crippen LogP contribution in [0.2, 0.25) is 0 Å². The van der Waals surface area contributed by atoms with Crippen molar-refractivity contribution in [2.45, 2.75) is 51.2 Å². The Hall–Kier alpha value is -1.88. The largest absolute Gasteiger partial charge is 0.352 e. The molecule has 3 rings (SSSR count). The van der Waals surface area contributed by atoms with Crippen molar-refractivity contribution < 1.29 is 9.59 Å². The number of hydrogen-bond acceptors (Lipinski definition) is 3. The molecule has 0 aliphatic heterocycles. The van der Waals surface area contributed by atoms with Crippen molar-refractivity contribution in [2.24, 2.45) is 5.92 Å². The number of amides is 2. The zero-order valence-corrected chi connectivity index (χ0v) is 15.3. The maximum absolute atomic E-state index is 12.9. The maximum atomic E-state index is 12.9. The first-order valence-corrected chi connectivity index (χ1v) is 9.34. The molecule has 0 heterocycles. The minimum absolute atomic E-state index is 0.0163. The molecular formula is C20H29N3O2. The third-order valence-electron chi connectivity index (χ3n) is 5.07. The summed E-state index contributed by atoms with van der Waals surface area (Å²) in [5, 5.41) is 2.97. The Labute approximate surface area is 150 Å². The zero-order valence-electron chi connectivity index (χ0n) is 15.3. The van der Waals surface area contributed by atoms with Crippen molar-refractivity contribution >= 4 is 11.8 Å². The average Bonchev–Trinajstić information content (AvgIpc) is 3.45. The van der Waals surface area contributed by atoms with Crippen LogP contribution in [0, 0.1) is 5.92 Å². The minimum Gasteiger partial charge on any atom is -0.352 e. The number of carbonyl (C=O) groups is 2. The van der Waals surface area contributed by atoms with Gasteiger partial charge < -0.3 is 10.2 Å². The molecule has 2 aliphatic carbocycles. The predicted octanol–water partition coefficient (Wildman–Crippen LogP) is 2.02. The Morgan fingerprint density at radius 2 is 1.80 bits per heavy atom. The summed E-state index contributed by atoms with van der Waals surface area (Å²) in [5.74, 6) is 0.740. The van der Waals surface area contributed by atoms with E-state index in [1.165, 1.54) is 12.8 Å². The summed E-state index contributed by atoms with van der Waals surface area (Å²) in [7, 11) is 1.84. The lowest BCUT2D eigenvalue weighted by Crippen LogP contribution is -2.46. The van der Waals surface area contributed by atoms with Crippen LogP contribution < -0.4 is 5.32 Å². The third-order valence-corrected chi connectivity index (χ3v) is 5.07. The van der Waals surface area contributed by atoms with Crippen molar-refractivity contribution in [1.29, 1.82) is 0 Å². The highest BCUT2D eigenvalue weighted by atomic mass is 16.2. The van der Waals surface area contributed by atoms with E-state index in [2.05, 4.69) is 24.4 Å². The number of carbonyl (C=O) groups excluding carboxylic acids is 2. The second-order valence-electron chi connectivity index (χ2n) is 7.60. The fourth-order valence-electron chi connectivity index (χ4n) is 3.20. The zero-order chi connectivity index (χ0) is 17.8. The van der Waals surface area contributed by atoms with Gasteiger partial charge in [-0.05, 0) is 51.1 Å². The molecule has 0 saturated heterocycles. The molecule has 1 N–H and O–H groups in total. The third kappa shape index (κ3) is 5.56. The van der Waals surface area contributed by atoms with Gasteiger partial charge in [0.05, 0.1) is 13.1 Å². The first-order valence-electron chi connectivity index (χ1n) is 9.34. The van der Waals surface area contributed by atoms with Crippen molar-refractivity contribution in [3.63, 3.8) is 0 Å². The highest BCUT2D eigenvalue weighted by Gasteiger charge is 2.34. The second kappa shape index (κ2) is 8.00. The van der Waals surface area contributed by atoms with E-state index in [-0.39, 0.29) is 30.9 Å². The summed E-state index contributed by atoms with van der Waals surface area (Å²) in [4.78, 5) is 28.6. The average molecular weight is 343 g/mol. The highest BCUT2D eigenvalue weighted by Crippen LogP contribution is 2.35. The van der Waals surface area contributed by atoms with Gasteiger partial charge in [-0.25, -0.2) is 0 Å². The summed E-state index contributed by atoms with van der Waals surface area (Å²) >= 11 is 0. The lowest BCUT2D eigenvalue weighted by molar-refractivity contribution is -0.135. The van der Waals surface area contributed by atoms with E-state index >= 15 is 0 Å². The molecule has 0 spiro atoms. The number of likely N-dealkylation sites (N-methyl/N-ethyl adjacent to an activating group) is 1. The molecule has 0 radical (unpaired) electrons. The summed E-state index contributed by atoms with van der Waals surface area (Å²) in [6.45, 7) is 3.35. The molecule has 0 bridgehead atoms. The van der Waals surface area contributed by atoms with E-state index in [9.17, 15) is 9.59 Å². The lowest BCUT2D eigenvalue weighted by Gasteiger charge is -2.31. The van der Waals surface area contributed by atoms with Crippen molar-refractivity contribution in [1.82, 2.24) is 15.1 Å². The van der Waals surface area contributed by atoms with Gasteiger partial charge in [0.15, 0.2) is 0 Å². The van der Waals surface area contributed by atoms with E-state index in [0.29, 0.717) is 18.5 Å². The maximum Gasteiger partial charge on any atom is 0.237 e. The Morgan fingerprint density at radius 3 is 2.40 bits per heavy atom. The van der Waals surface area contributed by atoms with Crippen LogP contribution in [0.4, 0.5) is 0 Å². The number of nitrogens with zero attached hydrogens (tertiary/aromatic N) is 2. The molecule has 5 heteroatoms. The van der Waals surface area contributed by atoms with Gasteiger partial charge in [-0.15, -0.1) is 0 Å². The van der Waals surface area contributed by atoms with E-state index in [4.69, 9.17) is 0 Å². The van der Waals surface area contributed by atoms with Gasteiger partial charge in [0.1, 0.15) is 0 Å². The molecular weight excluding hydrogens is 314 g/mol. The van der Waals surface area contributed by atoms with Crippen LogP contribution in [0.1, 0.15) is 38.2 Å². The highest BCUT2D eigenvalue weighted by molar-refractivity contribution is 5.81. The van der Waals surface area contributed by atoms with E-state index < -0.39 is 0 Å². The van der Waals surface area contributed by atoms with Gasteiger partial charge in [-0.2, -0.15) is 0 Å². The van der Waals surface area contributed by atoms with Gasteiger partial charge in [0.25, 0.3) is 0 Å². The SMILES string of the molecule is C[C@@H](C1CC1)N(Cc1ccccc1)C(=O)CN(C)CC(=O)NC1CC1. The molecule has 136 valence electrons. The molecule has 2 saturated carbocycles. The summed E-state index contributed by atoms with van der Waals surface area (Å²) in [6, 6.07) is 10.7. The minimum atomic E-state index is 0.0163. The van der Waals surface area contributed by atoms with Crippen LogP contribution in [0.5, 0.6) is 0 Å². The van der Waals surface area contributed by atoms with Gasteiger partial charge in [-0.1, -0.05) is 30.3 Å². The fourth-order valence-corrected chi connectivity index (χ4v) is 3.20. The molecule has 2 fully saturated rings. The van der Waals surface area contributed by atoms with Gasteiger partial charge in [0, 0.05) is 18.6 Å². The Bertz CT molecular complexity index is 596. The van der Waals surface area contributed by atoms with Crippen LogP contribution in [0.3, 0.4) is 0 Å². The molecule has 0 unspecified atom stereocenters. The van der Waals surface area contributed by atoms with E-state index in [1.54, 1.807) is 0 Å². The second-order valence-corrected chi connectivity index (χ2v) is 7.60. The first-order chi connectivity index (χ1) is 12.0. The summed E-state index contributed by atoms with van der Waals surface area (Å²) < 4.78 is 0. The van der Waals surface area contributed by atoms with Crippen LogP contribution >= 0.6 is 0 Å². The van der Waals surface area contributed by atoms with Crippen molar-refractivity contribution in [3.05, 3.63) is 35.9 Å². The molecule has 5 nitrogen and oxygen atoms in total. The Morgan fingerprint density at radius 1 is 1.12 bits per heavy atom. The lowest BCUT2D eigenvalue weighted by atomic mass is 10.1. The topological polar surface area (TPSA) is 52.7 Å². The molecule has 1 atom stereocenters. The van der Waals surface area contributed by atoms with Crippen molar-refractivity contribution in [3.8, 4) is 0 Å². The van der Waals surface area contributed by atoms with Crippen LogP contribution in [-0.2, 0) is 16.1 Å². The van der Waals surface area contributed by atoms with Gasteiger partial charge in [0.2, 0.25) is 11.8 Å². The van der Waals surface area contributed by atoms with E-state index in [1.807, 2.05) is 35.0 Å². The molecule has 1 aromatic carbocycles. The smallest absolute Gasteiger partial charge is 0.237 e. The predicted molar refractivity (Wildman–Crippen MR) is 97.8 cm³/mol. The number of hydrogen-bond donors (Lipinski definition) is 1. The quantitative estimate of drug-likeness (QED) is 0.746. The molecule has 1 aromatic rings. The first kappa shape index (κ1) is 17.9. The molecule has 2 aliphatic rings. The standard InChI is InChI=1S/C20H29N3O2/c1-15(17-8-9-17)23(12-16-6-4-3-5-7-16)20(25)14-22(2)13-19(24)21-18-10-11-18/h3-7,15,17-18H,8-14H2,1-2H3,(H,21,24)/t15-/m0/s1. The van der Waals surface area contributed by atoms with Crippen LogP contribution in [0.25, 0.3) is 0 Å². The molecule has 0 aromatic heterocycles. The van der Waals surface area contributed by atoms with Gasteiger partial charge >= 0.3 is 0 Å². The summed E-state index contributed by atoms with van der Waals surface area (Å²) in [6.07, 6.45) is 4.58. The number of nitrogens with one attached hydrogen (secondary N) is 1. The Balaban J connectivity index is 1.56. The Kier molecular flexibility index (Phi) is 5.74. The van der Waals surface area contributed by atoms with Crippen molar-refractivity contribution in [2.75, 3.05) is 20.1 Å². The number of benzene rings is 1. The molecule has 2 amide bonds. The monoisotopic (exact) mass is 343 g/mol. The van der Waals surface area contributed by atoms with E-state index in [0.717, 1.165) is 18.4 Å². The summed E-state index contributed by atoms with van der Waals surface area (Å²) in [5.41, 5.74) is 1.15. The van der Waals surface area contributed by atoms with Crippen LogP contribution in [-0.4, -0.2) is 53.8 Å². The number of rotatable bonds is 9. The molecule has 25 heavy (non-hydrogen) atoms. The fraction of sp³-hybridized carbons (Fsp3) is 0.600.